The van der Waals surface area contributed by atoms with E-state index >= 15 is 0 Å². The summed E-state index contributed by atoms with van der Waals surface area (Å²) in [5.74, 6) is -4.36. The highest BCUT2D eigenvalue weighted by Crippen LogP contribution is 2.43. The summed E-state index contributed by atoms with van der Waals surface area (Å²) in [5, 5.41) is 27.6. The Kier molecular flexibility index (Phi) is 16.0. The van der Waals surface area contributed by atoms with Gasteiger partial charge in [0.25, 0.3) is 17.4 Å². The molecule has 24 nitrogen and oxygen atoms in total. The number of nitrogens with one attached hydrogen (secondary N) is 6. The Morgan fingerprint density at radius 3 is 2.23 bits per heavy atom. The summed E-state index contributed by atoms with van der Waals surface area (Å²) >= 11 is 0. The average molecular weight is 1060 g/mol. The molecule has 2 aromatic heterocycles. The van der Waals surface area contributed by atoms with E-state index in [4.69, 9.17) is 23.9 Å². The minimum atomic E-state index is -2.03. The molecule has 0 saturated heterocycles. The van der Waals surface area contributed by atoms with Crippen LogP contribution in [0.4, 0.5) is 0 Å². The SMILES string of the molecule is CC[C@@]1(O)C(=O)OCc2c1cc1n(c2=O)Cc2c-1nc1cc3c(cc1c2CNC(=O)[C@@H](OCNC(=O)CNC(=O)[C@H](Cc1ccccc1)NC(=O)CNC(=O)CNC(=O)CCCCCN1C(=O)C=CC1=O)C1CC1)OCO3. The molecule has 0 unspecified atom stereocenters. The van der Waals surface area contributed by atoms with Crippen molar-refractivity contribution in [1.82, 2.24) is 46.4 Å². The fraction of sp³-hybridized carbons (Fsp3) is 0.415. The molecule has 1 saturated carbocycles. The van der Waals surface area contributed by atoms with E-state index in [1.165, 1.54) is 16.7 Å². The number of cyclic esters (lactones) is 1. The smallest absolute Gasteiger partial charge is 0.343 e. The molecule has 5 aliphatic rings. The molecule has 9 rings (SSSR count). The predicted molar refractivity (Wildman–Crippen MR) is 269 cm³/mol. The van der Waals surface area contributed by atoms with Crippen LogP contribution in [0.25, 0.3) is 22.3 Å². The second-order valence-electron chi connectivity index (χ2n) is 19.2. The summed E-state index contributed by atoms with van der Waals surface area (Å²) in [6.07, 6.45) is 4.54. The van der Waals surface area contributed by atoms with Crippen molar-refractivity contribution in [2.45, 2.75) is 95.7 Å². The summed E-state index contributed by atoms with van der Waals surface area (Å²) in [4.78, 5) is 134. The number of nitrogens with zero attached hydrogens (tertiary/aromatic N) is 3. The Morgan fingerprint density at radius 1 is 0.792 bits per heavy atom. The van der Waals surface area contributed by atoms with Crippen molar-refractivity contribution in [1.29, 1.82) is 0 Å². The molecule has 0 spiro atoms. The van der Waals surface area contributed by atoms with Crippen molar-refractivity contribution in [3.05, 3.63) is 98.9 Å². The van der Waals surface area contributed by atoms with Gasteiger partial charge in [0, 0.05) is 60.7 Å². The maximum Gasteiger partial charge on any atom is 0.343 e. The van der Waals surface area contributed by atoms with Crippen molar-refractivity contribution in [2.75, 3.05) is 39.7 Å². The van der Waals surface area contributed by atoms with Crippen molar-refractivity contribution < 1.29 is 67.2 Å². The quantitative estimate of drug-likeness (QED) is 0.0183. The number of aliphatic hydroxyl groups is 1. The maximum atomic E-state index is 14.0. The van der Waals surface area contributed by atoms with Crippen LogP contribution in [0.1, 0.15) is 79.7 Å². The zero-order chi connectivity index (χ0) is 54.4. The highest BCUT2D eigenvalue weighted by Gasteiger charge is 2.46. The number of hydrogen-bond acceptors (Lipinski definition) is 16. The normalized spacial score (nSPS) is 17.4. The molecule has 2 aromatic carbocycles. The van der Waals surface area contributed by atoms with E-state index in [1.54, 1.807) is 55.5 Å². The predicted octanol–water partition coefficient (Wildman–Crippen LogP) is -0.145. The van der Waals surface area contributed by atoms with Gasteiger partial charge in [0.05, 0.1) is 48.6 Å². The molecule has 6 heterocycles. The van der Waals surface area contributed by atoms with Crippen LogP contribution in [0.3, 0.4) is 0 Å². The molecule has 0 bridgehead atoms. The Hall–Kier alpha value is -8.51. The number of hydrogen-bond donors (Lipinski definition) is 7. The number of rotatable bonds is 24. The molecular formula is C53H57N9O15. The van der Waals surface area contributed by atoms with Gasteiger partial charge in [-0.1, -0.05) is 43.7 Å². The van der Waals surface area contributed by atoms with Crippen LogP contribution < -0.4 is 46.9 Å². The number of carbonyl (C=O) groups excluding carboxylic acids is 9. The highest BCUT2D eigenvalue weighted by molar-refractivity contribution is 6.12. The van der Waals surface area contributed by atoms with Crippen LogP contribution in [0, 0.1) is 5.92 Å². The lowest BCUT2D eigenvalue weighted by atomic mass is 9.86. The number of pyridine rings is 2. The van der Waals surface area contributed by atoms with Crippen molar-refractivity contribution >= 4 is 64.1 Å². The maximum absolute atomic E-state index is 14.0. The largest absolute Gasteiger partial charge is 0.458 e. The summed E-state index contributed by atoms with van der Waals surface area (Å²) in [6.45, 7) is -0.193. The first-order chi connectivity index (χ1) is 37.1. The Bertz CT molecular complexity index is 3140. The topological polar surface area (TPSA) is 321 Å². The van der Waals surface area contributed by atoms with Gasteiger partial charge in [0.15, 0.2) is 17.1 Å². The number of aromatic nitrogens is 2. The number of esters is 1. The molecular weight excluding hydrogens is 1000 g/mol. The summed E-state index contributed by atoms with van der Waals surface area (Å²) < 4.78 is 24.0. The molecule has 4 aromatic rings. The molecule has 4 aliphatic heterocycles. The molecule has 3 atom stereocenters. The highest BCUT2D eigenvalue weighted by atomic mass is 16.7. The lowest BCUT2D eigenvalue weighted by Crippen LogP contribution is -2.52. The second-order valence-corrected chi connectivity index (χ2v) is 19.2. The van der Waals surface area contributed by atoms with Gasteiger partial charge in [-0.25, -0.2) is 9.78 Å². The van der Waals surface area contributed by atoms with Crippen LogP contribution in [0.5, 0.6) is 11.5 Å². The monoisotopic (exact) mass is 1060 g/mol. The number of unbranched alkanes of at least 4 members (excludes halogenated alkanes) is 2. The number of amides is 8. The van der Waals surface area contributed by atoms with Crippen molar-refractivity contribution in [3.8, 4) is 22.9 Å². The first-order valence-electron chi connectivity index (χ1n) is 25.4. The number of carbonyl (C=O) groups is 9. The van der Waals surface area contributed by atoms with E-state index in [2.05, 4.69) is 31.9 Å². The zero-order valence-corrected chi connectivity index (χ0v) is 42.0. The number of ether oxygens (including phenoxy) is 4. The van der Waals surface area contributed by atoms with Gasteiger partial charge in [-0.2, -0.15) is 0 Å². The molecule has 77 heavy (non-hydrogen) atoms. The molecule has 1 fully saturated rings. The Labute approximate surface area is 439 Å². The number of imide groups is 1. The van der Waals surface area contributed by atoms with E-state index < -0.39 is 84.4 Å². The summed E-state index contributed by atoms with van der Waals surface area (Å²) in [7, 11) is 0. The van der Waals surface area contributed by atoms with E-state index in [-0.39, 0.29) is 87.9 Å². The van der Waals surface area contributed by atoms with Gasteiger partial charge in [0.1, 0.15) is 25.5 Å². The van der Waals surface area contributed by atoms with Gasteiger partial charge in [0.2, 0.25) is 42.2 Å². The first-order valence-corrected chi connectivity index (χ1v) is 25.4. The van der Waals surface area contributed by atoms with E-state index in [0.29, 0.717) is 82.6 Å². The van der Waals surface area contributed by atoms with Crippen LogP contribution in [-0.4, -0.2) is 125 Å². The summed E-state index contributed by atoms with van der Waals surface area (Å²) in [5.41, 5.74) is 1.11. The lowest BCUT2D eigenvalue weighted by molar-refractivity contribution is -0.172. The summed E-state index contributed by atoms with van der Waals surface area (Å²) in [6, 6.07) is 12.7. The fourth-order valence-electron chi connectivity index (χ4n) is 9.62. The van der Waals surface area contributed by atoms with E-state index in [0.717, 1.165) is 4.90 Å². The van der Waals surface area contributed by atoms with E-state index in [9.17, 15) is 53.1 Å². The number of fused-ring (bicyclic) bond motifs is 6. The van der Waals surface area contributed by atoms with Crippen molar-refractivity contribution in [2.24, 2.45) is 5.92 Å². The van der Waals surface area contributed by atoms with Gasteiger partial charge in [-0.05, 0) is 61.3 Å². The van der Waals surface area contributed by atoms with Gasteiger partial charge >= 0.3 is 5.97 Å². The second kappa shape index (κ2) is 23.2. The van der Waals surface area contributed by atoms with Gasteiger partial charge < -0.3 is 60.5 Å². The van der Waals surface area contributed by atoms with Gasteiger partial charge in [-0.3, -0.25) is 48.1 Å². The van der Waals surface area contributed by atoms with Gasteiger partial charge in [-0.15, -0.1) is 0 Å². The molecule has 1 aliphatic carbocycles. The fourth-order valence-corrected chi connectivity index (χ4v) is 9.62. The molecule has 0 radical (unpaired) electrons. The van der Waals surface area contributed by atoms with E-state index in [1.807, 2.05) is 0 Å². The first kappa shape index (κ1) is 53.3. The standard InChI is InChI=1S/C53H57N9O15/c1-2-53(73)35-19-38-47-33(25-62(38)51(71)34(35)26-74-52(53)72)32(31-18-39-40(77-28-76-39)20-36(31)60-47)21-56-50(70)48(30-12-13-30)75-27-58-43(65)23-57-49(69)37(17-29-9-5-3-6-10-29)59-44(66)24-55-42(64)22-54-41(63)11-7-4-8-16-61-45(67)14-15-46(61)68/h3,5-6,9-10,14-15,18-20,30,37,48,73H,2,4,7-8,11-13,16-17,21-28H2,1H3,(H,54,63)(H,55,64)(H,56,70)(H,57,69)(H,58,65)(H,59,66)/t37-,48-,53-/m0/s1. The minimum Gasteiger partial charge on any atom is -0.458 e. The van der Waals surface area contributed by atoms with Crippen LogP contribution in [0.2, 0.25) is 0 Å². The third-order valence-corrected chi connectivity index (χ3v) is 14.0. The minimum absolute atomic E-state index is 0.000936. The third kappa shape index (κ3) is 12.0. The molecule has 24 heteroatoms. The van der Waals surface area contributed by atoms with Crippen LogP contribution in [0.15, 0.2) is 65.5 Å². The molecule has 404 valence electrons. The molecule has 7 N–H and O–H groups in total. The Balaban J connectivity index is 0.760. The number of benzene rings is 2. The van der Waals surface area contributed by atoms with Crippen molar-refractivity contribution in [3.63, 3.8) is 0 Å². The molecule has 8 amide bonds. The van der Waals surface area contributed by atoms with Crippen LogP contribution in [-0.2, 0) is 84.3 Å². The third-order valence-electron chi connectivity index (χ3n) is 14.0. The average Bonchev–Trinajstić information content (AvgIpc) is 3.99. The Morgan fingerprint density at radius 2 is 1.49 bits per heavy atom. The zero-order valence-electron chi connectivity index (χ0n) is 42.0. The lowest BCUT2D eigenvalue weighted by Gasteiger charge is -2.31. The van der Waals surface area contributed by atoms with Crippen LogP contribution >= 0.6 is 0 Å².